The van der Waals surface area contributed by atoms with E-state index in [4.69, 9.17) is 0 Å². The highest BCUT2D eigenvalue weighted by Gasteiger charge is 2.30. The second kappa shape index (κ2) is 7.06. The van der Waals surface area contributed by atoms with Crippen molar-refractivity contribution in [1.82, 2.24) is 0 Å². The first-order chi connectivity index (χ1) is 9.63. The lowest BCUT2D eigenvalue weighted by molar-refractivity contribution is -0.123. The Morgan fingerprint density at radius 2 is 2.00 bits per heavy atom. The van der Waals surface area contributed by atoms with Crippen molar-refractivity contribution in [2.24, 2.45) is 5.41 Å². The maximum absolute atomic E-state index is 11.7. The minimum Gasteiger partial charge on any atom is -0.300 e. The Balaban J connectivity index is 1.83. The number of ketones is 1. The van der Waals surface area contributed by atoms with Gasteiger partial charge in [-0.05, 0) is 49.0 Å². The van der Waals surface area contributed by atoms with Crippen molar-refractivity contribution in [3.05, 3.63) is 35.9 Å². The van der Waals surface area contributed by atoms with E-state index in [0.717, 1.165) is 19.3 Å². The van der Waals surface area contributed by atoms with E-state index in [0.29, 0.717) is 11.7 Å². The molecule has 2 atom stereocenters. The summed E-state index contributed by atoms with van der Waals surface area (Å²) in [4.78, 5) is 11.7. The van der Waals surface area contributed by atoms with Crippen LogP contribution in [0.3, 0.4) is 0 Å². The maximum Gasteiger partial charge on any atom is 0.133 e. The number of carbonyl (C=O) groups is 1. The molecule has 0 saturated heterocycles. The molecule has 2 rings (SSSR count). The molecule has 1 nitrogen and oxygen atoms in total. The minimum atomic E-state index is 0.282. The molecule has 0 spiro atoms. The van der Waals surface area contributed by atoms with Crippen LogP contribution < -0.4 is 0 Å². The standard InChI is InChI=1S/C19H28O/c1-3-16(17-9-5-4-6-10-17)11-7-13-19(2)14-8-12-18(20)15-19/h4-6,9-10,16H,3,7-8,11-15H2,1-2H3/t16?,19-/m0/s1. The average Bonchev–Trinajstić information content (AvgIpc) is 2.44. The summed E-state index contributed by atoms with van der Waals surface area (Å²) in [7, 11) is 0. The summed E-state index contributed by atoms with van der Waals surface area (Å²) in [6.45, 7) is 4.59. The van der Waals surface area contributed by atoms with E-state index in [1.165, 1.54) is 37.7 Å². The molecular formula is C19H28O. The second-order valence-electron chi connectivity index (χ2n) is 6.79. The molecule has 1 aromatic carbocycles. The van der Waals surface area contributed by atoms with Gasteiger partial charge in [-0.1, -0.05) is 50.6 Å². The van der Waals surface area contributed by atoms with Crippen molar-refractivity contribution in [2.75, 3.05) is 0 Å². The van der Waals surface area contributed by atoms with Gasteiger partial charge in [0.15, 0.2) is 0 Å². The first-order valence-electron chi connectivity index (χ1n) is 8.19. The number of benzene rings is 1. The zero-order chi connectivity index (χ0) is 14.4. The summed E-state index contributed by atoms with van der Waals surface area (Å²) in [6, 6.07) is 10.9. The Labute approximate surface area is 123 Å². The van der Waals surface area contributed by atoms with E-state index in [9.17, 15) is 4.79 Å². The molecule has 1 aliphatic rings. The molecule has 1 aliphatic carbocycles. The van der Waals surface area contributed by atoms with E-state index in [1.807, 2.05) is 0 Å². The number of carbonyl (C=O) groups excluding carboxylic acids is 1. The Morgan fingerprint density at radius 1 is 1.25 bits per heavy atom. The van der Waals surface area contributed by atoms with Crippen molar-refractivity contribution < 1.29 is 4.79 Å². The van der Waals surface area contributed by atoms with Crippen LogP contribution in [0.1, 0.15) is 76.7 Å². The summed E-state index contributed by atoms with van der Waals surface area (Å²) in [6.07, 6.45) is 8.89. The highest BCUT2D eigenvalue weighted by Crippen LogP contribution is 2.39. The van der Waals surface area contributed by atoms with Crippen LogP contribution in [0.15, 0.2) is 30.3 Å². The monoisotopic (exact) mass is 272 g/mol. The number of Topliss-reactive ketones (excluding diaryl/α,β-unsaturated/α-hetero) is 1. The predicted molar refractivity (Wildman–Crippen MR) is 84.9 cm³/mol. The molecule has 0 aliphatic heterocycles. The normalized spacial score (nSPS) is 24.6. The molecule has 0 aromatic heterocycles. The third-order valence-electron chi connectivity index (χ3n) is 4.96. The van der Waals surface area contributed by atoms with E-state index in [1.54, 1.807) is 0 Å². The molecule has 1 fully saturated rings. The van der Waals surface area contributed by atoms with E-state index < -0.39 is 0 Å². The molecule has 0 heterocycles. The lowest BCUT2D eigenvalue weighted by Gasteiger charge is -2.33. The fourth-order valence-corrected chi connectivity index (χ4v) is 3.69. The highest BCUT2D eigenvalue weighted by atomic mass is 16.1. The van der Waals surface area contributed by atoms with Crippen LogP contribution >= 0.6 is 0 Å². The van der Waals surface area contributed by atoms with E-state index >= 15 is 0 Å². The van der Waals surface area contributed by atoms with Gasteiger partial charge in [0.05, 0.1) is 0 Å². The van der Waals surface area contributed by atoms with Crippen molar-refractivity contribution in [1.29, 1.82) is 0 Å². The topological polar surface area (TPSA) is 17.1 Å². The molecule has 1 aromatic rings. The van der Waals surface area contributed by atoms with Gasteiger partial charge in [0.25, 0.3) is 0 Å². The van der Waals surface area contributed by atoms with Gasteiger partial charge in [-0.3, -0.25) is 4.79 Å². The van der Waals surface area contributed by atoms with Gasteiger partial charge >= 0.3 is 0 Å². The first-order valence-corrected chi connectivity index (χ1v) is 8.19. The smallest absolute Gasteiger partial charge is 0.133 e. The molecule has 1 heteroatoms. The van der Waals surface area contributed by atoms with Gasteiger partial charge < -0.3 is 0 Å². The molecule has 0 N–H and O–H groups in total. The molecule has 110 valence electrons. The molecule has 0 amide bonds. The van der Waals surface area contributed by atoms with Crippen LogP contribution in [0.25, 0.3) is 0 Å². The van der Waals surface area contributed by atoms with Gasteiger partial charge in [0.1, 0.15) is 5.78 Å². The Kier molecular flexibility index (Phi) is 5.39. The van der Waals surface area contributed by atoms with Gasteiger partial charge in [-0.25, -0.2) is 0 Å². The van der Waals surface area contributed by atoms with E-state index in [-0.39, 0.29) is 5.41 Å². The molecule has 0 radical (unpaired) electrons. The first kappa shape index (κ1) is 15.3. The Morgan fingerprint density at radius 3 is 2.65 bits per heavy atom. The zero-order valence-electron chi connectivity index (χ0n) is 13.0. The largest absolute Gasteiger partial charge is 0.300 e. The van der Waals surface area contributed by atoms with Gasteiger partial charge in [0, 0.05) is 12.8 Å². The highest BCUT2D eigenvalue weighted by molar-refractivity contribution is 5.79. The lowest BCUT2D eigenvalue weighted by Crippen LogP contribution is -2.25. The van der Waals surface area contributed by atoms with Crippen molar-refractivity contribution in [3.8, 4) is 0 Å². The van der Waals surface area contributed by atoms with Gasteiger partial charge in [0.2, 0.25) is 0 Å². The van der Waals surface area contributed by atoms with Crippen LogP contribution in [0, 0.1) is 5.41 Å². The lowest BCUT2D eigenvalue weighted by atomic mass is 9.71. The summed E-state index contributed by atoms with van der Waals surface area (Å²) in [5.41, 5.74) is 1.75. The second-order valence-corrected chi connectivity index (χ2v) is 6.79. The summed E-state index contributed by atoms with van der Waals surface area (Å²) in [5.74, 6) is 1.16. The Bertz CT molecular complexity index is 423. The number of rotatable bonds is 6. The predicted octanol–water partition coefficient (Wildman–Crippen LogP) is 5.50. The number of hydrogen-bond acceptors (Lipinski definition) is 1. The fraction of sp³-hybridized carbons (Fsp3) is 0.632. The molecule has 20 heavy (non-hydrogen) atoms. The van der Waals surface area contributed by atoms with Crippen LogP contribution in [0.4, 0.5) is 0 Å². The fourth-order valence-electron chi connectivity index (χ4n) is 3.69. The van der Waals surface area contributed by atoms with Crippen molar-refractivity contribution >= 4 is 5.78 Å². The quantitative estimate of drug-likeness (QED) is 0.668. The third-order valence-corrected chi connectivity index (χ3v) is 4.96. The zero-order valence-corrected chi connectivity index (χ0v) is 13.0. The number of hydrogen-bond donors (Lipinski definition) is 0. The van der Waals surface area contributed by atoms with Crippen LogP contribution in [0.5, 0.6) is 0 Å². The third kappa shape index (κ3) is 4.19. The van der Waals surface area contributed by atoms with Crippen LogP contribution in [0.2, 0.25) is 0 Å². The van der Waals surface area contributed by atoms with Crippen LogP contribution in [-0.4, -0.2) is 5.78 Å². The minimum absolute atomic E-state index is 0.282. The summed E-state index contributed by atoms with van der Waals surface area (Å²) >= 11 is 0. The van der Waals surface area contributed by atoms with Crippen LogP contribution in [-0.2, 0) is 4.79 Å². The van der Waals surface area contributed by atoms with Crippen molar-refractivity contribution in [3.63, 3.8) is 0 Å². The Hall–Kier alpha value is -1.11. The SMILES string of the molecule is CCC(CCC[C@@]1(C)CCCC(=O)C1)c1ccccc1. The van der Waals surface area contributed by atoms with Gasteiger partial charge in [-0.2, -0.15) is 0 Å². The maximum atomic E-state index is 11.7. The molecular weight excluding hydrogens is 244 g/mol. The average molecular weight is 272 g/mol. The summed E-state index contributed by atoms with van der Waals surface area (Å²) < 4.78 is 0. The summed E-state index contributed by atoms with van der Waals surface area (Å²) in [5, 5.41) is 0. The van der Waals surface area contributed by atoms with Crippen molar-refractivity contribution in [2.45, 2.75) is 71.1 Å². The van der Waals surface area contributed by atoms with Gasteiger partial charge in [-0.15, -0.1) is 0 Å². The molecule has 1 saturated carbocycles. The molecule has 1 unspecified atom stereocenters. The molecule has 0 bridgehead atoms. The van der Waals surface area contributed by atoms with E-state index in [2.05, 4.69) is 44.2 Å².